The molecule has 0 aliphatic heterocycles. The van der Waals surface area contributed by atoms with Crippen LogP contribution in [-0.2, 0) is 20.8 Å². The summed E-state index contributed by atoms with van der Waals surface area (Å²) in [5.74, 6) is 0. The van der Waals surface area contributed by atoms with Gasteiger partial charge in [0.1, 0.15) is 0 Å². The molecule has 4 rings (SSSR count). The molecule has 0 nitrogen and oxygen atoms in total. The first-order chi connectivity index (χ1) is 13.0. The molecule has 0 aliphatic rings. The quantitative estimate of drug-likeness (QED) is 0.186. The summed E-state index contributed by atoms with van der Waals surface area (Å²) in [6.07, 6.45) is 1.23. The first kappa shape index (κ1) is 24.4. The summed E-state index contributed by atoms with van der Waals surface area (Å²) < 4.78 is 0. The fourth-order valence-corrected chi connectivity index (χ4v) is 2.61. The Labute approximate surface area is 185 Å². The Morgan fingerprint density at radius 3 is 1.44 bits per heavy atom. The molecule has 0 aromatic heterocycles. The van der Waals surface area contributed by atoms with Gasteiger partial charge in [0.15, 0.2) is 0 Å². The SMILES string of the molecule is CCC[Si].Cc1cc2ccccc2[cH-]1.Cc1cc2ccccc2[cH-]1.[Cl][Zr+2][Cl]. The van der Waals surface area contributed by atoms with Crippen LogP contribution in [-0.4, -0.2) is 10.2 Å². The van der Waals surface area contributed by atoms with Crippen molar-refractivity contribution < 1.29 is 20.8 Å². The number of rotatable bonds is 1. The molecule has 4 heteroatoms. The van der Waals surface area contributed by atoms with Crippen LogP contribution >= 0.6 is 17.0 Å². The molecule has 0 unspecified atom stereocenters. The summed E-state index contributed by atoms with van der Waals surface area (Å²) in [6, 6.07) is 26.8. The van der Waals surface area contributed by atoms with Crippen LogP contribution in [0.1, 0.15) is 24.5 Å². The van der Waals surface area contributed by atoms with E-state index in [4.69, 9.17) is 17.0 Å². The Morgan fingerprint density at radius 1 is 0.815 bits per heavy atom. The average molecular weight is 492 g/mol. The van der Waals surface area contributed by atoms with Crippen molar-refractivity contribution in [3.8, 4) is 0 Å². The van der Waals surface area contributed by atoms with E-state index in [-0.39, 0.29) is 0 Å². The zero-order valence-electron chi connectivity index (χ0n) is 16.1. The Kier molecular flexibility index (Phi) is 13.0. The Bertz CT molecular complexity index is 755. The van der Waals surface area contributed by atoms with Gasteiger partial charge in [0.05, 0.1) is 0 Å². The van der Waals surface area contributed by atoms with Gasteiger partial charge in [-0.2, -0.15) is 12.1 Å². The molecule has 0 atom stereocenters. The van der Waals surface area contributed by atoms with E-state index < -0.39 is 20.8 Å². The Hall–Kier alpha value is -0.660. The van der Waals surface area contributed by atoms with Crippen LogP contribution in [0.5, 0.6) is 0 Å². The van der Waals surface area contributed by atoms with Crippen LogP contribution in [0.15, 0.2) is 72.8 Å². The number of hydrogen-bond acceptors (Lipinski definition) is 0. The van der Waals surface area contributed by atoms with E-state index >= 15 is 0 Å². The van der Waals surface area contributed by atoms with Crippen LogP contribution in [0, 0.1) is 13.8 Å². The predicted octanol–water partition coefficient (Wildman–Crippen LogP) is 8.09. The summed E-state index contributed by atoms with van der Waals surface area (Å²) in [5, 5.41) is 5.39. The summed E-state index contributed by atoms with van der Waals surface area (Å²) in [7, 11) is 13.2. The normalized spacial score (nSPS) is 9.26. The summed E-state index contributed by atoms with van der Waals surface area (Å²) in [4.78, 5) is 0. The van der Waals surface area contributed by atoms with Crippen LogP contribution in [0.4, 0.5) is 0 Å². The van der Waals surface area contributed by atoms with Crippen molar-refractivity contribution >= 4 is 48.8 Å². The summed E-state index contributed by atoms with van der Waals surface area (Å²) in [6.45, 7) is 6.38. The fourth-order valence-electron chi connectivity index (χ4n) is 2.61. The Morgan fingerprint density at radius 2 is 1.15 bits per heavy atom. The third-order valence-corrected chi connectivity index (χ3v) is 4.27. The molecule has 0 saturated carbocycles. The minimum atomic E-state index is -0.826. The van der Waals surface area contributed by atoms with Gasteiger partial charge in [-0.25, -0.2) is 0 Å². The van der Waals surface area contributed by atoms with Crippen LogP contribution < -0.4 is 0 Å². The molecule has 27 heavy (non-hydrogen) atoms. The second-order valence-corrected chi connectivity index (χ2v) is 10.4. The van der Waals surface area contributed by atoms with Gasteiger partial charge in [0.2, 0.25) is 0 Å². The second-order valence-electron chi connectivity index (χ2n) is 6.14. The van der Waals surface area contributed by atoms with Gasteiger partial charge >= 0.3 is 37.9 Å². The number of aryl methyl sites for hydroxylation is 2. The predicted molar refractivity (Wildman–Crippen MR) is 121 cm³/mol. The number of hydrogen-bond donors (Lipinski definition) is 0. The molecular formula is C23H25Cl2SiZr. The fraction of sp³-hybridized carbons (Fsp3) is 0.217. The third kappa shape index (κ3) is 9.39. The van der Waals surface area contributed by atoms with Gasteiger partial charge in [-0.05, 0) is 0 Å². The first-order valence-corrected chi connectivity index (χ1v) is 15.9. The molecule has 0 aliphatic carbocycles. The van der Waals surface area contributed by atoms with Gasteiger partial charge in [-0.15, -0.1) is 81.2 Å². The first-order valence-electron chi connectivity index (χ1n) is 8.90. The monoisotopic (exact) mass is 489 g/mol. The van der Waals surface area contributed by atoms with Crippen LogP contribution in [0.25, 0.3) is 21.5 Å². The van der Waals surface area contributed by atoms with E-state index in [9.17, 15) is 0 Å². The van der Waals surface area contributed by atoms with E-state index in [0.29, 0.717) is 0 Å². The van der Waals surface area contributed by atoms with Gasteiger partial charge in [-0.1, -0.05) is 45.4 Å². The number of fused-ring (bicyclic) bond motifs is 2. The van der Waals surface area contributed by atoms with Crippen molar-refractivity contribution in [3.63, 3.8) is 0 Å². The number of halogens is 2. The molecule has 0 saturated heterocycles. The molecule has 0 N–H and O–H groups in total. The number of benzene rings is 2. The van der Waals surface area contributed by atoms with E-state index in [1.165, 1.54) is 39.1 Å². The van der Waals surface area contributed by atoms with E-state index in [1.54, 1.807) is 0 Å². The molecule has 0 amide bonds. The molecule has 4 aromatic carbocycles. The third-order valence-electron chi connectivity index (χ3n) is 3.77. The molecule has 0 bridgehead atoms. The van der Waals surface area contributed by atoms with Crippen molar-refractivity contribution in [2.24, 2.45) is 0 Å². The van der Waals surface area contributed by atoms with Crippen molar-refractivity contribution in [3.05, 3.63) is 83.9 Å². The van der Waals surface area contributed by atoms with E-state index in [2.05, 4.69) is 104 Å². The summed E-state index contributed by atoms with van der Waals surface area (Å²) >= 11 is -0.826. The molecular weight excluding hydrogens is 466 g/mol. The standard InChI is InChI=1S/2C10H9.C3H7Si.2ClH.Zr/c2*1-8-6-9-4-2-3-5-10(9)7-8;1-2-3-4;;;/h2*2-7H,1H3;2-3H2,1H3;2*1H;/q2*-1;;;;+4/p-2. The molecule has 0 fully saturated rings. The Balaban J connectivity index is 0.000000204. The molecule has 0 heterocycles. The molecule has 0 spiro atoms. The van der Waals surface area contributed by atoms with Crippen molar-refractivity contribution in [1.29, 1.82) is 0 Å². The van der Waals surface area contributed by atoms with E-state index in [0.717, 1.165) is 6.04 Å². The maximum atomic E-state index is 4.93. The average Bonchev–Trinajstić information content (AvgIpc) is 3.23. The summed E-state index contributed by atoms with van der Waals surface area (Å²) in [5.41, 5.74) is 2.70. The van der Waals surface area contributed by atoms with Crippen molar-refractivity contribution in [1.82, 2.24) is 0 Å². The van der Waals surface area contributed by atoms with Crippen LogP contribution in [0.2, 0.25) is 6.04 Å². The minimum absolute atomic E-state index is 0.826. The van der Waals surface area contributed by atoms with Gasteiger partial charge in [0.25, 0.3) is 0 Å². The van der Waals surface area contributed by atoms with E-state index in [1.807, 2.05) is 0 Å². The zero-order chi connectivity index (χ0) is 20.1. The van der Waals surface area contributed by atoms with Gasteiger partial charge < -0.3 is 0 Å². The topological polar surface area (TPSA) is 0 Å². The van der Waals surface area contributed by atoms with Crippen LogP contribution in [0.3, 0.4) is 0 Å². The van der Waals surface area contributed by atoms with Gasteiger partial charge in [0, 0.05) is 10.2 Å². The van der Waals surface area contributed by atoms with Crippen molar-refractivity contribution in [2.45, 2.75) is 33.2 Å². The maximum absolute atomic E-state index is 4.93. The molecule has 139 valence electrons. The van der Waals surface area contributed by atoms with Crippen molar-refractivity contribution in [2.75, 3.05) is 0 Å². The molecule has 3 radical (unpaired) electrons. The zero-order valence-corrected chi connectivity index (χ0v) is 21.1. The van der Waals surface area contributed by atoms with Gasteiger partial charge in [-0.3, -0.25) is 0 Å². The second kappa shape index (κ2) is 14.4. The molecule has 4 aromatic rings.